The number of nitrogens with one attached hydrogen (secondary N) is 1. The average molecular weight is 364 g/mol. The standard InChI is InChI=1S/C20H18ClN5/c1-11-3-2-4-13(21)17(11)18-14(24-12-5-6-12)7-8-15-19(18)25-20(22)16-9-23-10-26(15)16/h2-4,7-10,12,24H,5-6H2,1H3,(H2,22,25). The summed E-state index contributed by atoms with van der Waals surface area (Å²) in [4.78, 5) is 8.97. The van der Waals surface area contributed by atoms with Crippen LogP contribution in [0.4, 0.5) is 11.5 Å². The number of aromatic nitrogens is 3. The number of fused-ring (bicyclic) bond motifs is 3. The molecular weight excluding hydrogens is 346 g/mol. The molecule has 2 aromatic heterocycles. The van der Waals surface area contributed by atoms with Crippen LogP contribution in [0.25, 0.3) is 27.7 Å². The molecule has 3 N–H and O–H groups in total. The number of imidazole rings is 1. The van der Waals surface area contributed by atoms with E-state index in [0.29, 0.717) is 16.9 Å². The van der Waals surface area contributed by atoms with Crippen LogP contribution in [0.1, 0.15) is 18.4 Å². The van der Waals surface area contributed by atoms with E-state index in [1.807, 2.05) is 16.5 Å². The van der Waals surface area contributed by atoms with E-state index in [0.717, 1.165) is 38.9 Å². The van der Waals surface area contributed by atoms with Crippen molar-refractivity contribution in [2.24, 2.45) is 0 Å². The van der Waals surface area contributed by atoms with Crippen molar-refractivity contribution < 1.29 is 0 Å². The highest BCUT2D eigenvalue weighted by Gasteiger charge is 2.25. The lowest BCUT2D eigenvalue weighted by molar-refractivity contribution is 1.15. The van der Waals surface area contributed by atoms with Gasteiger partial charge in [0.1, 0.15) is 11.3 Å². The molecule has 1 aliphatic rings. The third-order valence-corrected chi connectivity index (χ3v) is 5.27. The van der Waals surface area contributed by atoms with Gasteiger partial charge < -0.3 is 11.1 Å². The Morgan fingerprint density at radius 1 is 1.15 bits per heavy atom. The molecule has 5 rings (SSSR count). The zero-order valence-electron chi connectivity index (χ0n) is 14.3. The molecule has 130 valence electrons. The Bertz CT molecular complexity index is 1140. The van der Waals surface area contributed by atoms with Crippen LogP contribution in [0.15, 0.2) is 42.9 Å². The second-order valence-electron chi connectivity index (χ2n) is 6.85. The first-order chi connectivity index (χ1) is 12.6. The number of nitrogens with two attached hydrogens (primary N) is 1. The number of nitrogens with zero attached hydrogens (tertiary/aromatic N) is 3. The van der Waals surface area contributed by atoms with Crippen molar-refractivity contribution in [2.45, 2.75) is 25.8 Å². The van der Waals surface area contributed by atoms with Crippen LogP contribution in [-0.4, -0.2) is 20.4 Å². The van der Waals surface area contributed by atoms with Crippen molar-refractivity contribution in [3.8, 4) is 11.1 Å². The van der Waals surface area contributed by atoms with Crippen LogP contribution in [0, 0.1) is 6.92 Å². The SMILES string of the molecule is Cc1cccc(Cl)c1-c1c(NC2CC2)ccc2c1nc(N)c1cncn12. The van der Waals surface area contributed by atoms with Crippen LogP contribution in [-0.2, 0) is 0 Å². The van der Waals surface area contributed by atoms with E-state index in [9.17, 15) is 0 Å². The predicted molar refractivity (Wildman–Crippen MR) is 107 cm³/mol. The molecule has 1 fully saturated rings. The van der Waals surface area contributed by atoms with Gasteiger partial charge in [0.05, 0.1) is 23.6 Å². The summed E-state index contributed by atoms with van der Waals surface area (Å²) < 4.78 is 1.98. The molecule has 2 aromatic carbocycles. The van der Waals surface area contributed by atoms with Gasteiger partial charge in [-0.25, -0.2) is 9.97 Å². The van der Waals surface area contributed by atoms with Gasteiger partial charge in [0.2, 0.25) is 0 Å². The molecule has 0 radical (unpaired) electrons. The highest BCUT2D eigenvalue weighted by Crippen LogP contribution is 2.42. The largest absolute Gasteiger partial charge is 0.382 e. The first-order valence-electron chi connectivity index (χ1n) is 8.70. The molecule has 0 atom stereocenters. The number of aryl methyl sites for hydroxylation is 1. The first-order valence-corrected chi connectivity index (χ1v) is 9.07. The van der Waals surface area contributed by atoms with Crippen LogP contribution in [0.3, 0.4) is 0 Å². The fraction of sp³-hybridized carbons (Fsp3) is 0.200. The minimum absolute atomic E-state index is 0.463. The molecule has 6 heteroatoms. The Kier molecular flexibility index (Phi) is 3.34. The lowest BCUT2D eigenvalue weighted by atomic mass is 9.97. The minimum Gasteiger partial charge on any atom is -0.382 e. The summed E-state index contributed by atoms with van der Waals surface area (Å²) in [7, 11) is 0. The van der Waals surface area contributed by atoms with Gasteiger partial charge >= 0.3 is 0 Å². The Hall–Kier alpha value is -2.79. The summed E-state index contributed by atoms with van der Waals surface area (Å²) in [5, 5.41) is 4.34. The molecule has 0 bridgehead atoms. The van der Waals surface area contributed by atoms with Gasteiger partial charge in [0.15, 0.2) is 0 Å². The Morgan fingerprint density at radius 3 is 2.77 bits per heavy atom. The maximum Gasteiger partial charge on any atom is 0.150 e. The predicted octanol–water partition coefficient (Wildman–Crippen LogP) is 4.67. The fourth-order valence-corrected chi connectivity index (χ4v) is 3.83. The van der Waals surface area contributed by atoms with Gasteiger partial charge in [-0.05, 0) is 43.5 Å². The van der Waals surface area contributed by atoms with Gasteiger partial charge in [-0.1, -0.05) is 23.7 Å². The number of halogens is 1. The second-order valence-corrected chi connectivity index (χ2v) is 7.26. The van der Waals surface area contributed by atoms with Crippen LogP contribution >= 0.6 is 11.6 Å². The Morgan fingerprint density at radius 2 is 2.00 bits per heavy atom. The Balaban J connectivity index is 1.92. The molecule has 5 nitrogen and oxygen atoms in total. The minimum atomic E-state index is 0.463. The molecule has 2 heterocycles. The van der Waals surface area contributed by atoms with Crippen LogP contribution < -0.4 is 11.1 Å². The molecule has 0 saturated heterocycles. The zero-order chi connectivity index (χ0) is 17.8. The number of hydrogen-bond donors (Lipinski definition) is 2. The lowest BCUT2D eigenvalue weighted by Crippen LogP contribution is -2.06. The molecule has 0 unspecified atom stereocenters. The molecule has 0 aliphatic heterocycles. The van der Waals surface area contributed by atoms with Crippen molar-refractivity contribution >= 4 is 39.7 Å². The van der Waals surface area contributed by atoms with E-state index in [1.54, 1.807) is 12.5 Å². The van der Waals surface area contributed by atoms with Crippen LogP contribution in [0.5, 0.6) is 0 Å². The number of anilines is 2. The van der Waals surface area contributed by atoms with Crippen molar-refractivity contribution in [1.29, 1.82) is 0 Å². The summed E-state index contributed by atoms with van der Waals surface area (Å²) in [5.74, 6) is 0.463. The van der Waals surface area contributed by atoms with Gasteiger partial charge in [0, 0.05) is 27.9 Å². The molecule has 0 spiro atoms. The second kappa shape index (κ2) is 5.61. The maximum absolute atomic E-state index is 6.62. The molecular formula is C20H18ClN5. The quantitative estimate of drug-likeness (QED) is 0.555. The average Bonchev–Trinajstić information content (AvgIpc) is 3.28. The summed E-state index contributed by atoms with van der Waals surface area (Å²) in [6, 6.07) is 10.6. The van der Waals surface area contributed by atoms with Crippen molar-refractivity contribution in [3.05, 3.63) is 53.4 Å². The molecule has 1 saturated carbocycles. The normalized spacial score (nSPS) is 14.2. The number of benzene rings is 2. The van der Waals surface area contributed by atoms with E-state index in [2.05, 4.69) is 35.4 Å². The van der Waals surface area contributed by atoms with Crippen LogP contribution in [0.2, 0.25) is 5.02 Å². The van der Waals surface area contributed by atoms with Crippen molar-refractivity contribution in [3.63, 3.8) is 0 Å². The summed E-state index contributed by atoms with van der Waals surface area (Å²) in [6.07, 6.45) is 5.88. The van der Waals surface area contributed by atoms with Crippen molar-refractivity contribution in [1.82, 2.24) is 14.4 Å². The van der Waals surface area contributed by atoms with E-state index >= 15 is 0 Å². The van der Waals surface area contributed by atoms with Crippen molar-refractivity contribution in [2.75, 3.05) is 11.1 Å². The topological polar surface area (TPSA) is 68.2 Å². The van der Waals surface area contributed by atoms with E-state index in [1.165, 1.54) is 12.8 Å². The molecule has 1 aliphatic carbocycles. The summed E-state index contributed by atoms with van der Waals surface area (Å²) >= 11 is 6.62. The van der Waals surface area contributed by atoms with E-state index in [4.69, 9.17) is 22.3 Å². The van der Waals surface area contributed by atoms with Gasteiger partial charge in [-0.2, -0.15) is 0 Å². The number of hydrogen-bond acceptors (Lipinski definition) is 4. The highest BCUT2D eigenvalue weighted by molar-refractivity contribution is 6.34. The smallest absolute Gasteiger partial charge is 0.150 e. The fourth-order valence-electron chi connectivity index (χ4n) is 3.51. The molecule has 0 amide bonds. The number of rotatable bonds is 3. The van der Waals surface area contributed by atoms with E-state index in [-0.39, 0.29) is 0 Å². The summed E-state index contributed by atoms with van der Waals surface area (Å²) in [6.45, 7) is 2.07. The van der Waals surface area contributed by atoms with Gasteiger partial charge in [0.25, 0.3) is 0 Å². The molecule has 4 aromatic rings. The monoisotopic (exact) mass is 363 g/mol. The Labute approximate surface area is 155 Å². The first kappa shape index (κ1) is 15.5. The number of nitrogen functional groups attached to an aromatic ring is 1. The zero-order valence-corrected chi connectivity index (χ0v) is 15.1. The van der Waals surface area contributed by atoms with Gasteiger partial charge in [-0.3, -0.25) is 4.40 Å². The summed E-state index contributed by atoms with van der Waals surface area (Å²) in [5.41, 5.74) is 13.0. The third-order valence-electron chi connectivity index (χ3n) is 4.96. The lowest BCUT2D eigenvalue weighted by Gasteiger charge is -2.18. The van der Waals surface area contributed by atoms with E-state index < -0.39 is 0 Å². The molecule has 26 heavy (non-hydrogen) atoms. The maximum atomic E-state index is 6.62. The van der Waals surface area contributed by atoms with Gasteiger partial charge in [-0.15, -0.1) is 0 Å². The highest BCUT2D eigenvalue weighted by atomic mass is 35.5. The third kappa shape index (κ3) is 2.31.